The van der Waals surface area contributed by atoms with Gasteiger partial charge in [0, 0.05) is 91.6 Å². The number of nitrogens with one attached hydrogen (secondary N) is 12. The fourth-order valence-corrected chi connectivity index (χ4v) is 16.2. The molecule has 0 saturated carbocycles. The first-order chi connectivity index (χ1) is 62.7. The van der Waals surface area contributed by atoms with Gasteiger partial charge in [0.25, 0.3) is 0 Å². The molecule has 14 amide bonds. The highest BCUT2D eigenvalue weighted by atomic mass is 16.2. The standard InChI is InChI=1S/C49H60N10O7.C45H58N10O7.C2H6/c1-31(60)54-39(28-32-14-4-2-5-15-32)44(62)56-38-23-12-25-52-43(61)37(22-11-26-53-49(50)51)55-46(64)41(30-35-20-10-19-34-18-8-9-21-36(34)35)57-45(63)40(29-33-16-6-3-7-17-33)58-47(65)42-24-13-27-59(42)48(38)66;1-29(56)50-35(26-30-14-5-2-6-15-30)40(58)52-34-21-12-23-48-39(57)33(20-11-24-49-45(46)47)51-41(59)36(27-31-16-7-3-8-17-31)53-42(60)37(28-32-18-9-4-10-19-32)54-43(61)38-22-13-25-55(38)44(34)62;1-2/h2-10,14-21,37-42H,11-13,22-30H2,1H3,(H,52,61)(H,54,60)(H,55,64)(H,56,62)(H,57,63)(H,58,65)(H4,50,51,53);2-10,14-19,33-38H,11-13,20-28H2,1H3,(H,48,57)(H,50,56)(H,51,59)(H,52,58)(H,53,60)(H,54,61)(H4,46,47,49);1-2H3/t37-,38-,39-,40+,41-,42-;33-,34-,35-,36-,37+,38-;/m00./s1. The van der Waals surface area contributed by atoms with Gasteiger partial charge in [-0.3, -0.25) is 77.1 Å². The minimum absolute atomic E-state index is 0.0547. The number of nitrogens with two attached hydrogens (primary N) is 4. The number of fused-ring (bicyclic) bond motifs is 3. The maximum absolute atomic E-state index is 14.6. The predicted molar refractivity (Wildman–Crippen MR) is 494 cm³/mol. The molecule has 12 atom stereocenters. The largest absolute Gasteiger partial charge is 0.370 e. The highest BCUT2D eigenvalue weighted by Gasteiger charge is 2.43. The summed E-state index contributed by atoms with van der Waals surface area (Å²) in [6, 6.07) is 45.7. The van der Waals surface area contributed by atoms with E-state index < -0.39 is 155 Å². The summed E-state index contributed by atoms with van der Waals surface area (Å²) in [5, 5.41) is 35.9. The van der Waals surface area contributed by atoms with E-state index in [2.05, 4.69) is 73.8 Å². The zero-order valence-electron chi connectivity index (χ0n) is 74.2. The number of nitrogens with zero attached hydrogens (tertiary/aromatic N) is 4. The molecular weight excluding hydrogens is 1660 g/mol. The molecule has 11 rings (SSSR count). The number of hydrogen-bond donors (Lipinski definition) is 16. The van der Waals surface area contributed by atoms with E-state index in [0.717, 1.165) is 44.2 Å². The van der Waals surface area contributed by atoms with Crippen molar-refractivity contribution in [3.8, 4) is 0 Å². The molecule has 4 heterocycles. The maximum atomic E-state index is 14.6. The summed E-state index contributed by atoms with van der Waals surface area (Å²) in [5.41, 5.74) is 26.7. The molecule has 4 saturated heterocycles. The van der Waals surface area contributed by atoms with Gasteiger partial charge in [0.2, 0.25) is 82.7 Å². The van der Waals surface area contributed by atoms with Gasteiger partial charge >= 0.3 is 0 Å². The van der Waals surface area contributed by atoms with Crippen molar-refractivity contribution in [1.29, 1.82) is 0 Å². The number of rotatable bonds is 26. The first-order valence-electron chi connectivity index (χ1n) is 44.6. The van der Waals surface area contributed by atoms with E-state index in [4.69, 9.17) is 22.9 Å². The summed E-state index contributed by atoms with van der Waals surface area (Å²) in [7, 11) is 0. The lowest BCUT2D eigenvalue weighted by Crippen LogP contribution is -2.60. The van der Waals surface area contributed by atoms with E-state index >= 15 is 0 Å². The third kappa shape index (κ3) is 31.4. The molecule has 0 aliphatic carbocycles. The average molecular weight is 1780 g/mol. The summed E-state index contributed by atoms with van der Waals surface area (Å²) in [5.74, 6) is -8.01. The molecule has 0 bridgehead atoms. The Bertz CT molecular complexity index is 5020. The molecule has 4 fully saturated rings. The van der Waals surface area contributed by atoms with Gasteiger partial charge in [0.05, 0.1) is 0 Å². The molecule has 0 aromatic heterocycles. The normalized spacial score (nSPS) is 21.4. The Balaban J connectivity index is 0.000000288. The zero-order chi connectivity index (χ0) is 93.4. The van der Waals surface area contributed by atoms with Gasteiger partial charge in [-0.05, 0) is 121 Å². The smallest absolute Gasteiger partial charge is 0.245 e. The van der Waals surface area contributed by atoms with Gasteiger partial charge in [0.15, 0.2) is 11.9 Å². The van der Waals surface area contributed by atoms with Gasteiger partial charge < -0.3 is 96.5 Å². The van der Waals surface area contributed by atoms with E-state index in [1.54, 1.807) is 0 Å². The lowest BCUT2D eigenvalue weighted by molar-refractivity contribution is -0.142. The highest BCUT2D eigenvalue weighted by molar-refractivity contribution is 6.00. The molecule has 7 aromatic carbocycles. The van der Waals surface area contributed by atoms with Crippen LogP contribution in [0, 0.1) is 0 Å². The summed E-state index contributed by atoms with van der Waals surface area (Å²) in [4.78, 5) is 206. The number of carbonyl (C=O) groups is 14. The molecule has 0 unspecified atom stereocenters. The van der Waals surface area contributed by atoms with Gasteiger partial charge in [-0.2, -0.15) is 0 Å². The Morgan fingerprint density at radius 2 is 0.700 bits per heavy atom. The van der Waals surface area contributed by atoms with Crippen LogP contribution in [0.5, 0.6) is 0 Å². The van der Waals surface area contributed by atoms with Crippen LogP contribution in [-0.2, 0) is 106 Å². The fraction of sp³-hybridized carbons (Fsp3) is 0.417. The molecule has 34 nitrogen and oxygen atoms in total. The van der Waals surface area contributed by atoms with E-state index in [0.29, 0.717) is 38.5 Å². The third-order valence-corrected chi connectivity index (χ3v) is 22.6. The predicted octanol–water partition coefficient (Wildman–Crippen LogP) is 2.41. The number of benzene rings is 7. The quantitative estimate of drug-likeness (QED) is 0.0210. The van der Waals surface area contributed by atoms with Crippen LogP contribution in [0.1, 0.15) is 138 Å². The average Bonchev–Trinajstić information content (AvgIpc) is 1.49. The molecule has 130 heavy (non-hydrogen) atoms. The SMILES string of the molecule is CC.CC(=O)N[C@@H](Cc1ccccc1)C(=O)N[C@H]1CCCNC(=O)[C@H](CCCN=C(N)N)NC(=O)[C@H](Cc2cccc3ccccc23)NC(=O)[C@@H](Cc2ccccc2)NC(=O)[C@@H]2CCCN2C1=O.CC(=O)N[C@@H](Cc1ccccc1)C(=O)N[C@H]1CCCNC(=O)[C@H](CCCN=C(N)N)NC(=O)[C@H](Cc2ccccc2)NC(=O)[C@@H](Cc2ccccc2)NC(=O)[C@@H]2CCCN2C1=O. The van der Waals surface area contributed by atoms with Crippen molar-refractivity contribution in [3.05, 3.63) is 228 Å². The second-order valence-electron chi connectivity index (χ2n) is 32.4. The van der Waals surface area contributed by atoms with Crippen molar-refractivity contribution in [2.75, 3.05) is 39.3 Å². The number of aliphatic imine (C=N–C) groups is 2. The van der Waals surface area contributed by atoms with Gasteiger partial charge in [-0.15, -0.1) is 0 Å². The lowest BCUT2D eigenvalue weighted by Gasteiger charge is -2.31. The number of hydrogen-bond acceptors (Lipinski definition) is 16. The second kappa shape index (κ2) is 51.7. The molecule has 34 heteroatoms. The second-order valence-corrected chi connectivity index (χ2v) is 32.4. The molecule has 4 aliphatic rings. The van der Waals surface area contributed by atoms with E-state index in [-0.39, 0.29) is 128 Å². The van der Waals surface area contributed by atoms with Crippen LogP contribution in [0.25, 0.3) is 10.8 Å². The van der Waals surface area contributed by atoms with Crippen LogP contribution < -0.4 is 86.7 Å². The summed E-state index contributed by atoms with van der Waals surface area (Å²) < 4.78 is 0. The molecule has 692 valence electrons. The number of carbonyl (C=O) groups excluding carboxylic acids is 14. The minimum atomic E-state index is -1.19. The zero-order valence-corrected chi connectivity index (χ0v) is 74.2. The maximum Gasteiger partial charge on any atom is 0.245 e. The highest BCUT2D eigenvalue weighted by Crippen LogP contribution is 2.26. The van der Waals surface area contributed by atoms with Crippen LogP contribution in [-0.4, -0.2) is 216 Å². The van der Waals surface area contributed by atoms with Gasteiger partial charge in [-0.25, -0.2) is 0 Å². The third-order valence-electron chi connectivity index (χ3n) is 22.6. The topological polar surface area (TPSA) is 519 Å². The van der Waals surface area contributed by atoms with E-state index in [9.17, 15) is 67.1 Å². The molecule has 0 radical (unpaired) electrons. The van der Waals surface area contributed by atoms with Crippen LogP contribution in [0.2, 0.25) is 0 Å². The molecule has 7 aromatic rings. The Morgan fingerprint density at radius 3 is 1.06 bits per heavy atom. The van der Waals surface area contributed by atoms with Crippen molar-refractivity contribution in [1.82, 2.24) is 73.6 Å². The number of guanidine groups is 2. The van der Waals surface area contributed by atoms with Crippen molar-refractivity contribution in [2.45, 2.75) is 216 Å². The Morgan fingerprint density at radius 1 is 0.377 bits per heavy atom. The van der Waals surface area contributed by atoms with Crippen LogP contribution in [0.15, 0.2) is 204 Å². The fourth-order valence-electron chi connectivity index (χ4n) is 16.2. The van der Waals surface area contributed by atoms with Crippen LogP contribution in [0.4, 0.5) is 0 Å². The Kier molecular flexibility index (Phi) is 39.6. The summed E-state index contributed by atoms with van der Waals surface area (Å²) in [6.07, 6.45) is 3.63. The van der Waals surface area contributed by atoms with Crippen molar-refractivity contribution in [3.63, 3.8) is 0 Å². The number of amides is 14. The Hall–Kier alpha value is -14.1. The van der Waals surface area contributed by atoms with Crippen molar-refractivity contribution < 1.29 is 67.1 Å². The molecule has 4 aliphatic heterocycles. The van der Waals surface area contributed by atoms with Crippen LogP contribution in [0.3, 0.4) is 0 Å². The van der Waals surface area contributed by atoms with Gasteiger partial charge in [-0.1, -0.05) is 208 Å². The first-order valence-corrected chi connectivity index (χ1v) is 44.6. The molecule has 0 spiro atoms. The van der Waals surface area contributed by atoms with Gasteiger partial charge in [0.1, 0.15) is 72.5 Å². The van der Waals surface area contributed by atoms with Crippen molar-refractivity contribution in [2.24, 2.45) is 32.9 Å². The van der Waals surface area contributed by atoms with E-state index in [1.165, 1.54) is 23.6 Å². The summed E-state index contributed by atoms with van der Waals surface area (Å²) in [6.45, 7) is 7.53. The Labute approximate surface area is 757 Å². The monoisotopic (exact) mass is 1780 g/mol. The van der Waals surface area contributed by atoms with Crippen LogP contribution >= 0.6 is 0 Å². The van der Waals surface area contributed by atoms with E-state index in [1.807, 2.05) is 208 Å². The first kappa shape index (κ1) is 99.7. The lowest BCUT2D eigenvalue weighted by atomic mass is 9.97. The summed E-state index contributed by atoms with van der Waals surface area (Å²) >= 11 is 0. The molecular formula is C96H124N20O14. The van der Waals surface area contributed by atoms with Crippen molar-refractivity contribution >= 4 is 105 Å². The minimum Gasteiger partial charge on any atom is -0.370 e. The molecule has 20 N–H and O–H groups in total.